The third-order valence-electron chi connectivity index (χ3n) is 4.11. The van der Waals surface area contributed by atoms with Crippen molar-refractivity contribution in [2.45, 2.75) is 42.9 Å². The quantitative estimate of drug-likeness (QED) is 0.619. The molecule has 1 heterocycles. The Morgan fingerprint density at radius 1 is 1.33 bits per heavy atom. The number of benzene rings is 1. The van der Waals surface area contributed by atoms with Gasteiger partial charge in [-0.05, 0) is 43.0 Å². The molecular weight excluding hydrogens is 312 g/mol. The minimum absolute atomic E-state index is 0.0351. The number of hydrogen-bond donors (Lipinski definition) is 2. The fourth-order valence-electron chi connectivity index (χ4n) is 2.87. The lowest BCUT2D eigenvalue weighted by atomic mass is 9.75. The van der Waals surface area contributed by atoms with E-state index in [1.165, 1.54) is 12.1 Å². The van der Waals surface area contributed by atoms with Crippen LogP contribution in [0.4, 0.5) is 5.69 Å². The summed E-state index contributed by atoms with van der Waals surface area (Å²) in [4.78, 5) is 12.4. The minimum Gasteiger partial charge on any atom is -0.325 e. The van der Waals surface area contributed by atoms with Gasteiger partial charge in [-0.3, -0.25) is 4.79 Å². The van der Waals surface area contributed by atoms with Crippen molar-refractivity contribution in [2.75, 3.05) is 11.2 Å². The molecule has 1 atom stereocenters. The third-order valence-corrected chi connectivity index (χ3v) is 5.29. The van der Waals surface area contributed by atoms with E-state index in [1.54, 1.807) is 6.07 Å². The van der Waals surface area contributed by atoms with Gasteiger partial charge in [0.1, 0.15) is 0 Å². The maximum Gasteiger partial charge on any atom is 0.238 e. The molecule has 0 aliphatic carbocycles. The molecule has 1 aromatic carbocycles. The van der Waals surface area contributed by atoms with E-state index in [9.17, 15) is 13.2 Å². The number of nitrogens with two attached hydrogens (primary N) is 1. The van der Waals surface area contributed by atoms with Gasteiger partial charge in [0.15, 0.2) is 0 Å². The van der Waals surface area contributed by atoms with Gasteiger partial charge in [-0.15, -0.1) is 11.6 Å². The first kappa shape index (κ1) is 16.3. The Labute approximate surface area is 129 Å². The molecule has 21 heavy (non-hydrogen) atoms. The van der Waals surface area contributed by atoms with Crippen molar-refractivity contribution in [2.24, 2.45) is 5.14 Å². The van der Waals surface area contributed by atoms with Gasteiger partial charge >= 0.3 is 0 Å². The highest BCUT2D eigenvalue weighted by atomic mass is 35.5. The lowest BCUT2D eigenvalue weighted by Crippen LogP contribution is -2.34. The molecule has 0 saturated carbocycles. The number of hydrogen-bond acceptors (Lipinski definition) is 3. The van der Waals surface area contributed by atoms with Crippen LogP contribution in [0.5, 0.6) is 0 Å². The van der Waals surface area contributed by atoms with Crippen LogP contribution in [0.25, 0.3) is 0 Å². The summed E-state index contributed by atoms with van der Waals surface area (Å²) in [5, 5.41) is 8.02. The number of carbonyl (C=O) groups excluding carboxylic acids is 1. The number of primary sulfonamides is 1. The first-order valence-corrected chi connectivity index (χ1v) is 8.98. The lowest BCUT2D eigenvalue weighted by molar-refractivity contribution is -0.121. The van der Waals surface area contributed by atoms with E-state index in [2.05, 4.69) is 5.32 Å². The molecule has 0 aromatic heterocycles. The molecule has 1 amide bonds. The molecular formula is C14H19ClN2O3S. The second-order valence-electron chi connectivity index (χ2n) is 5.29. The van der Waals surface area contributed by atoms with Gasteiger partial charge in [-0.1, -0.05) is 13.3 Å². The number of rotatable bonds is 6. The highest BCUT2D eigenvalue weighted by Crippen LogP contribution is 2.44. The Hall–Kier alpha value is -1.11. The topological polar surface area (TPSA) is 89.3 Å². The summed E-state index contributed by atoms with van der Waals surface area (Å²) in [6, 6.07) is 4.54. The number of halogens is 1. The molecule has 0 saturated heterocycles. The molecule has 0 bridgehead atoms. The predicted molar refractivity (Wildman–Crippen MR) is 83.0 cm³/mol. The Kier molecular flexibility index (Phi) is 4.60. The van der Waals surface area contributed by atoms with E-state index < -0.39 is 15.4 Å². The van der Waals surface area contributed by atoms with E-state index in [-0.39, 0.29) is 10.8 Å². The summed E-state index contributed by atoms with van der Waals surface area (Å²) in [7, 11) is -3.79. The average Bonchev–Trinajstić information content (AvgIpc) is 2.70. The number of alkyl halides is 1. The van der Waals surface area contributed by atoms with E-state index in [4.69, 9.17) is 16.7 Å². The summed E-state index contributed by atoms with van der Waals surface area (Å²) in [6.07, 6.45) is 2.87. The van der Waals surface area contributed by atoms with Gasteiger partial charge in [0, 0.05) is 11.6 Å². The molecule has 1 unspecified atom stereocenters. The largest absolute Gasteiger partial charge is 0.325 e. The zero-order valence-corrected chi connectivity index (χ0v) is 13.4. The zero-order chi connectivity index (χ0) is 15.7. The smallest absolute Gasteiger partial charge is 0.238 e. The Balaban J connectivity index is 2.48. The summed E-state index contributed by atoms with van der Waals surface area (Å²) in [6.45, 7) is 1.93. The van der Waals surface area contributed by atoms with Crippen molar-refractivity contribution in [3.05, 3.63) is 23.8 Å². The van der Waals surface area contributed by atoms with Crippen molar-refractivity contribution >= 4 is 33.2 Å². The van der Waals surface area contributed by atoms with Crippen molar-refractivity contribution in [3.8, 4) is 0 Å². The van der Waals surface area contributed by atoms with Crippen LogP contribution in [-0.2, 0) is 20.2 Å². The van der Waals surface area contributed by atoms with Gasteiger partial charge in [0.05, 0.1) is 10.3 Å². The summed E-state index contributed by atoms with van der Waals surface area (Å²) in [5.41, 5.74) is 0.693. The van der Waals surface area contributed by atoms with Gasteiger partial charge in [-0.25, -0.2) is 13.6 Å². The van der Waals surface area contributed by atoms with Gasteiger partial charge in [0.2, 0.25) is 15.9 Å². The number of nitrogens with one attached hydrogen (secondary N) is 1. The van der Waals surface area contributed by atoms with Crippen molar-refractivity contribution in [3.63, 3.8) is 0 Å². The van der Waals surface area contributed by atoms with Crippen LogP contribution < -0.4 is 10.5 Å². The number of amides is 1. The zero-order valence-electron chi connectivity index (χ0n) is 11.9. The molecule has 7 heteroatoms. The molecule has 5 nitrogen and oxygen atoms in total. The Bertz CT molecular complexity index is 660. The van der Waals surface area contributed by atoms with Crippen molar-refractivity contribution in [1.82, 2.24) is 0 Å². The normalized spacial score (nSPS) is 21.2. The van der Waals surface area contributed by atoms with Crippen LogP contribution in [0.2, 0.25) is 0 Å². The predicted octanol–water partition coefficient (Wildman–Crippen LogP) is 2.34. The van der Waals surface area contributed by atoms with Crippen molar-refractivity contribution in [1.29, 1.82) is 0 Å². The standard InChI is InChI=1S/C14H19ClN2O3S/c1-2-14(7-3-4-8-15)11-9-10(21(16,19)20)5-6-12(11)17-13(14)18/h5-6,9H,2-4,7-8H2,1H3,(H,17,18)(H2,16,19,20). The molecule has 1 aromatic rings. The number of anilines is 1. The molecule has 0 fully saturated rings. The number of fused-ring (bicyclic) bond motifs is 1. The number of unbranched alkanes of at least 4 members (excludes halogenated alkanes) is 1. The maximum atomic E-state index is 12.4. The van der Waals surface area contributed by atoms with Crippen LogP contribution in [0.3, 0.4) is 0 Å². The van der Waals surface area contributed by atoms with Crippen LogP contribution in [0, 0.1) is 0 Å². The molecule has 0 spiro atoms. The summed E-state index contributed by atoms with van der Waals surface area (Å²) in [5.74, 6) is 0.465. The van der Waals surface area contributed by atoms with Crippen LogP contribution in [-0.4, -0.2) is 20.2 Å². The first-order chi connectivity index (χ1) is 9.85. The lowest BCUT2D eigenvalue weighted by Gasteiger charge is -2.26. The van der Waals surface area contributed by atoms with Crippen LogP contribution >= 0.6 is 11.6 Å². The Morgan fingerprint density at radius 2 is 2.05 bits per heavy atom. The fourth-order valence-corrected chi connectivity index (χ4v) is 3.60. The maximum absolute atomic E-state index is 12.4. The molecule has 116 valence electrons. The van der Waals surface area contributed by atoms with Crippen molar-refractivity contribution < 1.29 is 13.2 Å². The summed E-state index contributed by atoms with van der Waals surface area (Å²) >= 11 is 5.70. The molecule has 1 aliphatic rings. The Morgan fingerprint density at radius 3 is 2.62 bits per heavy atom. The number of sulfonamides is 1. The molecule has 3 N–H and O–H groups in total. The fraction of sp³-hybridized carbons (Fsp3) is 0.500. The second-order valence-corrected chi connectivity index (χ2v) is 7.23. The highest BCUT2D eigenvalue weighted by Gasteiger charge is 2.45. The minimum atomic E-state index is -3.79. The van der Waals surface area contributed by atoms with Gasteiger partial charge in [-0.2, -0.15) is 0 Å². The monoisotopic (exact) mass is 330 g/mol. The van der Waals surface area contributed by atoms with E-state index >= 15 is 0 Å². The molecule has 2 rings (SSSR count). The van der Waals surface area contributed by atoms with Crippen LogP contribution in [0.15, 0.2) is 23.1 Å². The molecule has 0 radical (unpaired) electrons. The van der Waals surface area contributed by atoms with Gasteiger partial charge in [0.25, 0.3) is 0 Å². The SMILES string of the molecule is CCC1(CCCCCl)C(=O)Nc2ccc(S(N)(=O)=O)cc21. The average molecular weight is 331 g/mol. The van der Waals surface area contributed by atoms with E-state index in [1.807, 2.05) is 6.92 Å². The third kappa shape index (κ3) is 2.93. The van der Waals surface area contributed by atoms with Crippen LogP contribution in [0.1, 0.15) is 38.2 Å². The number of carbonyl (C=O) groups is 1. The molecule has 1 aliphatic heterocycles. The highest BCUT2D eigenvalue weighted by molar-refractivity contribution is 7.89. The van der Waals surface area contributed by atoms with E-state index in [0.717, 1.165) is 18.4 Å². The first-order valence-electron chi connectivity index (χ1n) is 6.90. The summed E-state index contributed by atoms with van der Waals surface area (Å²) < 4.78 is 23.1. The second kappa shape index (κ2) is 5.94. The van der Waals surface area contributed by atoms with E-state index in [0.29, 0.717) is 24.4 Å². The van der Waals surface area contributed by atoms with Gasteiger partial charge < -0.3 is 5.32 Å².